The van der Waals surface area contributed by atoms with Crippen molar-refractivity contribution < 1.29 is 8.42 Å². The molecule has 0 atom stereocenters. The molecule has 0 fully saturated rings. The molecule has 0 aliphatic carbocycles. The SMILES string of the molecule is CNS(=O)(=O)CCNCc1cnc[nH]1. The lowest BCUT2D eigenvalue weighted by molar-refractivity contribution is 0.582. The van der Waals surface area contributed by atoms with Crippen LogP contribution in [0.5, 0.6) is 0 Å². The van der Waals surface area contributed by atoms with Gasteiger partial charge in [0.05, 0.1) is 12.1 Å². The highest BCUT2D eigenvalue weighted by molar-refractivity contribution is 7.89. The van der Waals surface area contributed by atoms with E-state index in [2.05, 4.69) is 20.0 Å². The highest BCUT2D eigenvalue weighted by atomic mass is 32.2. The van der Waals surface area contributed by atoms with Crippen molar-refractivity contribution in [1.82, 2.24) is 20.0 Å². The molecule has 0 saturated carbocycles. The number of H-pyrrole nitrogens is 1. The lowest BCUT2D eigenvalue weighted by atomic mass is 10.5. The number of rotatable bonds is 6. The minimum absolute atomic E-state index is 0.0810. The summed E-state index contributed by atoms with van der Waals surface area (Å²) in [6.07, 6.45) is 3.28. The molecule has 1 aromatic rings. The molecule has 0 radical (unpaired) electrons. The van der Waals surface area contributed by atoms with Gasteiger partial charge in [0.15, 0.2) is 0 Å². The maximum absolute atomic E-state index is 11.0. The third-order valence-corrected chi connectivity index (χ3v) is 3.09. The molecule has 1 heterocycles. The van der Waals surface area contributed by atoms with Gasteiger partial charge in [-0.2, -0.15) is 0 Å². The first kappa shape index (κ1) is 11.2. The average molecular weight is 218 g/mol. The molecule has 0 saturated heterocycles. The zero-order valence-corrected chi connectivity index (χ0v) is 8.76. The number of hydrogen-bond donors (Lipinski definition) is 3. The molecule has 0 aliphatic heterocycles. The summed E-state index contributed by atoms with van der Waals surface area (Å²) >= 11 is 0. The van der Waals surface area contributed by atoms with Crippen LogP contribution in [-0.2, 0) is 16.6 Å². The summed E-state index contributed by atoms with van der Waals surface area (Å²) in [7, 11) is -1.69. The van der Waals surface area contributed by atoms with E-state index in [9.17, 15) is 8.42 Å². The van der Waals surface area contributed by atoms with E-state index in [0.29, 0.717) is 13.1 Å². The third-order valence-electron chi connectivity index (χ3n) is 1.73. The standard InChI is InChI=1S/C7H14N4O2S/c1-8-14(12,13)3-2-9-4-7-5-10-6-11-7/h5-6,8-9H,2-4H2,1H3,(H,10,11). The van der Waals surface area contributed by atoms with Gasteiger partial charge in [0, 0.05) is 25.0 Å². The molecule has 1 aromatic heterocycles. The Labute approximate surface area is 83.2 Å². The second kappa shape index (κ2) is 5.08. The maximum Gasteiger partial charge on any atom is 0.212 e. The van der Waals surface area contributed by atoms with Crippen LogP contribution in [0, 0.1) is 0 Å². The number of hydrogen-bond acceptors (Lipinski definition) is 4. The molecule has 0 aliphatic rings. The Kier molecular flexibility index (Phi) is 4.05. The molecular formula is C7H14N4O2S. The van der Waals surface area contributed by atoms with Gasteiger partial charge in [-0.1, -0.05) is 0 Å². The third kappa shape index (κ3) is 3.86. The van der Waals surface area contributed by atoms with Crippen LogP contribution in [0.2, 0.25) is 0 Å². The van der Waals surface area contributed by atoms with Gasteiger partial charge in [-0.15, -0.1) is 0 Å². The highest BCUT2D eigenvalue weighted by Gasteiger charge is 2.05. The largest absolute Gasteiger partial charge is 0.347 e. The maximum atomic E-state index is 11.0. The number of nitrogens with zero attached hydrogens (tertiary/aromatic N) is 1. The predicted octanol–water partition coefficient (Wildman–Crippen LogP) is -0.951. The molecule has 1 rings (SSSR count). The van der Waals surface area contributed by atoms with Gasteiger partial charge in [0.1, 0.15) is 0 Å². The second-order valence-electron chi connectivity index (χ2n) is 2.78. The van der Waals surface area contributed by atoms with E-state index in [1.165, 1.54) is 7.05 Å². The second-order valence-corrected chi connectivity index (χ2v) is 4.82. The molecule has 0 spiro atoms. The summed E-state index contributed by atoms with van der Waals surface area (Å²) in [5.74, 6) is 0.0810. The van der Waals surface area contributed by atoms with E-state index >= 15 is 0 Å². The van der Waals surface area contributed by atoms with Crippen molar-refractivity contribution in [2.75, 3.05) is 19.3 Å². The van der Waals surface area contributed by atoms with Gasteiger partial charge in [-0.25, -0.2) is 18.1 Å². The fourth-order valence-electron chi connectivity index (χ4n) is 0.913. The van der Waals surface area contributed by atoms with Crippen LogP contribution < -0.4 is 10.0 Å². The first-order chi connectivity index (χ1) is 6.64. The van der Waals surface area contributed by atoms with Gasteiger partial charge < -0.3 is 10.3 Å². The van der Waals surface area contributed by atoms with Crippen molar-refractivity contribution in [3.05, 3.63) is 18.2 Å². The van der Waals surface area contributed by atoms with Gasteiger partial charge in [0.25, 0.3) is 0 Å². The molecular weight excluding hydrogens is 204 g/mol. The Bertz CT molecular complexity index is 346. The van der Waals surface area contributed by atoms with Crippen LogP contribution >= 0.6 is 0 Å². The molecule has 80 valence electrons. The normalized spacial score (nSPS) is 11.8. The summed E-state index contributed by atoms with van der Waals surface area (Å²) < 4.78 is 24.2. The van der Waals surface area contributed by atoms with E-state index in [-0.39, 0.29) is 5.75 Å². The molecule has 0 aromatic carbocycles. The number of aromatic amines is 1. The molecule has 6 nitrogen and oxygen atoms in total. The van der Waals surface area contributed by atoms with Crippen LogP contribution in [0.15, 0.2) is 12.5 Å². The Balaban J connectivity index is 2.17. The van der Waals surface area contributed by atoms with Crippen molar-refractivity contribution in [2.24, 2.45) is 0 Å². The Morgan fingerprint density at radius 1 is 1.57 bits per heavy atom. The molecule has 3 N–H and O–H groups in total. The Hall–Kier alpha value is -0.920. The monoisotopic (exact) mass is 218 g/mol. The first-order valence-electron chi connectivity index (χ1n) is 4.23. The number of nitrogens with one attached hydrogen (secondary N) is 3. The van der Waals surface area contributed by atoms with Gasteiger partial charge >= 0.3 is 0 Å². The number of aromatic nitrogens is 2. The van der Waals surface area contributed by atoms with Gasteiger partial charge in [0.2, 0.25) is 10.0 Å². The van der Waals surface area contributed by atoms with Gasteiger partial charge in [-0.3, -0.25) is 0 Å². The van der Waals surface area contributed by atoms with Crippen molar-refractivity contribution in [3.63, 3.8) is 0 Å². The average Bonchev–Trinajstić information content (AvgIpc) is 2.65. The summed E-state index contributed by atoms with van der Waals surface area (Å²) in [4.78, 5) is 6.75. The summed E-state index contributed by atoms with van der Waals surface area (Å²) in [6.45, 7) is 1.02. The van der Waals surface area contributed by atoms with Crippen LogP contribution in [-0.4, -0.2) is 37.7 Å². The lowest BCUT2D eigenvalue weighted by Gasteiger charge is -2.03. The Morgan fingerprint density at radius 3 is 2.93 bits per heavy atom. The van der Waals surface area contributed by atoms with Crippen LogP contribution in [0.1, 0.15) is 5.69 Å². The molecule has 0 unspecified atom stereocenters. The van der Waals surface area contributed by atoms with E-state index in [1.807, 2.05) is 0 Å². The molecule has 0 amide bonds. The molecule has 0 bridgehead atoms. The van der Waals surface area contributed by atoms with E-state index in [4.69, 9.17) is 0 Å². The minimum Gasteiger partial charge on any atom is -0.347 e. The fourth-order valence-corrected chi connectivity index (χ4v) is 1.53. The topological polar surface area (TPSA) is 86.9 Å². The van der Waals surface area contributed by atoms with E-state index < -0.39 is 10.0 Å². The Morgan fingerprint density at radius 2 is 2.36 bits per heavy atom. The van der Waals surface area contributed by atoms with Crippen molar-refractivity contribution in [2.45, 2.75) is 6.54 Å². The summed E-state index contributed by atoms with van der Waals surface area (Å²) in [5.41, 5.74) is 0.937. The minimum atomic E-state index is -3.10. The zero-order valence-electron chi connectivity index (χ0n) is 7.95. The first-order valence-corrected chi connectivity index (χ1v) is 5.88. The van der Waals surface area contributed by atoms with Crippen molar-refractivity contribution in [3.8, 4) is 0 Å². The van der Waals surface area contributed by atoms with Crippen molar-refractivity contribution >= 4 is 10.0 Å². The van der Waals surface area contributed by atoms with E-state index in [0.717, 1.165) is 5.69 Å². The van der Waals surface area contributed by atoms with Crippen LogP contribution in [0.25, 0.3) is 0 Å². The smallest absolute Gasteiger partial charge is 0.212 e. The summed E-state index contributed by atoms with van der Waals surface area (Å²) in [5, 5.41) is 2.99. The quantitative estimate of drug-likeness (QED) is 0.537. The predicted molar refractivity (Wildman–Crippen MR) is 53.1 cm³/mol. The highest BCUT2D eigenvalue weighted by Crippen LogP contribution is 1.88. The summed E-state index contributed by atoms with van der Waals surface area (Å²) in [6, 6.07) is 0. The van der Waals surface area contributed by atoms with Crippen molar-refractivity contribution in [1.29, 1.82) is 0 Å². The van der Waals surface area contributed by atoms with Gasteiger partial charge in [-0.05, 0) is 7.05 Å². The van der Waals surface area contributed by atoms with E-state index in [1.54, 1.807) is 12.5 Å². The number of imidazole rings is 1. The zero-order chi connectivity index (χ0) is 10.4. The molecule has 7 heteroatoms. The molecule has 14 heavy (non-hydrogen) atoms. The number of sulfonamides is 1. The fraction of sp³-hybridized carbons (Fsp3) is 0.571. The lowest BCUT2D eigenvalue weighted by Crippen LogP contribution is -2.29. The van der Waals surface area contributed by atoms with Crippen LogP contribution in [0.4, 0.5) is 0 Å². The van der Waals surface area contributed by atoms with Crippen LogP contribution in [0.3, 0.4) is 0 Å².